The first-order chi connectivity index (χ1) is 20.5. The molecule has 1 saturated heterocycles. The molecule has 1 fully saturated rings. The molecule has 3 aromatic rings. The van der Waals surface area contributed by atoms with E-state index in [-0.39, 0.29) is 41.3 Å². The van der Waals surface area contributed by atoms with Crippen LogP contribution in [0.3, 0.4) is 0 Å². The summed E-state index contributed by atoms with van der Waals surface area (Å²) in [5, 5.41) is 36.6. The number of phosphoric acid groups is 1. The summed E-state index contributed by atoms with van der Waals surface area (Å²) in [7, 11) is -4.37. The van der Waals surface area contributed by atoms with E-state index < -0.39 is 38.3 Å². The molecule has 0 saturated carbocycles. The van der Waals surface area contributed by atoms with Crippen LogP contribution in [0, 0.1) is 16.7 Å². The standard InChI is InChI=1S/C29H38N5O8PS/c1-27(2,3)18-7-9-19(10-8-18)42-43(37,39-14-13-38-26(44)28(4,5)6)40-15-21-23(35)24(36)29(16-30,41-21)22-12-11-20-25(31)32-17-33-34(20)22/h7-12,17,21,23-24,35-36H,13-15H2,1-6H3,(H2,31,32,33)/t21-,23-,24-,29+,43?/m1/s1. The number of nitrogens with zero attached hydrogens (tertiary/aromatic N) is 4. The Hall–Kier alpha value is -3.15. The number of fused-ring (bicyclic) bond motifs is 1. The Morgan fingerprint density at radius 2 is 1.82 bits per heavy atom. The van der Waals surface area contributed by atoms with Crippen LogP contribution in [-0.4, -0.2) is 68.0 Å². The Morgan fingerprint density at radius 1 is 1.14 bits per heavy atom. The van der Waals surface area contributed by atoms with Crippen molar-refractivity contribution < 1.29 is 37.8 Å². The van der Waals surface area contributed by atoms with Gasteiger partial charge in [-0.2, -0.15) is 10.4 Å². The molecule has 4 N–H and O–H groups in total. The molecule has 0 bridgehead atoms. The second kappa shape index (κ2) is 12.7. The Morgan fingerprint density at radius 3 is 2.43 bits per heavy atom. The lowest BCUT2D eigenvalue weighted by molar-refractivity contribution is -0.0641. The first-order valence-corrected chi connectivity index (χ1v) is 15.8. The summed E-state index contributed by atoms with van der Waals surface area (Å²) in [5.74, 6) is 0.356. The Kier molecular flexibility index (Phi) is 9.73. The van der Waals surface area contributed by atoms with Crippen LogP contribution in [0.2, 0.25) is 0 Å². The predicted octanol–water partition coefficient (Wildman–Crippen LogP) is 4.06. The Labute approximate surface area is 261 Å². The van der Waals surface area contributed by atoms with E-state index in [0.717, 1.165) is 5.56 Å². The topological polar surface area (TPSA) is 184 Å². The number of hydrogen-bond donors (Lipinski definition) is 3. The van der Waals surface area contributed by atoms with Gasteiger partial charge in [-0.25, -0.2) is 14.1 Å². The molecule has 3 heterocycles. The summed E-state index contributed by atoms with van der Waals surface area (Å²) in [4.78, 5) is 3.92. The minimum atomic E-state index is -4.37. The number of phosphoric ester groups is 1. The number of anilines is 1. The summed E-state index contributed by atoms with van der Waals surface area (Å²) in [6, 6.07) is 12.0. The van der Waals surface area contributed by atoms with Crippen molar-refractivity contribution in [3.05, 3.63) is 54.0 Å². The third-order valence-electron chi connectivity index (χ3n) is 7.00. The quantitative estimate of drug-likeness (QED) is 0.163. The third kappa shape index (κ3) is 7.05. The lowest BCUT2D eigenvalue weighted by atomic mass is 9.87. The highest BCUT2D eigenvalue weighted by atomic mass is 32.1. The van der Waals surface area contributed by atoms with E-state index in [1.807, 2.05) is 39.0 Å². The average molecular weight is 648 g/mol. The summed E-state index contributed by atoms with van der Waals surface area (Å²) in [5.41, 5.74) is 4.86. The van der Waals surface area contributed by atoms with Gasteiger partial charge in [0.2, 0.25) is 5.60 Å². The SMILES string of the molecule is CC(C)(C)C(=S)OCCOP(=O)(OC[C@H]1O[C@@](C#N)(c2ccc3c(N)ncnn23)[C@H](O)[C@@H]1O)Oc1ccc(C(C)(C)C)cc1. The molecule has 0 radical (unpaired) electrons. The summed E-state index contributed by atoms with van der Waals surface area (Å²) < 4.78 is 43.6. The van der Waals surface area contributed by atoms with Gasteiger partial charge in [0, 0.05) is 5.41 Å². The van der Waals surface area contributed by atoms with Crippen LogP contribution in [0.1, 0.15) is 52.8 Å². The molecular formula is C29H38N5O8PS. The number of aromatic nitrogens is 3. The average Bonchev–Trinajstić information content (AvgIpc) is 3.50. The molecule has 44 heavy (non-hydrogen) atoms. The number of benzene rings is 1. The van der Waals surface area contributed by atoms with Gasteiger partial charge in [0.15, 0.2) is 10.9 Å². The van der Waals surface area contributed by atoms with E-state index >= 15 is 0 Å². The third-order valence-corrected chi connectivity index (χ3v) is 9.13. The molecule has 0 spiro atoms. The number of aliphatic hydroxyl groups excluding tert-OH is 2. The maximum absolute atomic E-state index is 13.9. The minimum absolute atomic E-state index is 0.0269. The molecule has 2 aromatic heterocycles. The molecule has 1 aliphatic rings. The zero-order chi connectivity index (χ0) is 32.5. The van der Waals surface area contributed by atoms with E-state index in [2.05, 4.69) is 30.9 Å². The fourth-order valence-electron chi connectivity index (χ4n) is 4.45. The zero-order valence-electron chi connectivity index (χ0n) is 25.5. The number of rotatable bonds is 10. The molecule has 15 heteroatoms. The maximum Gasteiger partial charge on any atom is 0.530 e. The van der Waals surface area contributed by atoms with E-state index in [1.165, 1.54) is 16.9 Å². The van der Waals surface area contributed by atoms with Gasteiger partial charge in [0.05, 0.1) is 18.9 Å². The van der Waals surface area contributed by atoms with Crippen molar-refractivity contribution in [1.82, 2.24) is 14.6 Å². The van der Waals surface area contributed by atoms with Gasteiger partial charge in [0.25, 0.3) is 0 Å². The number of aliphatic hydroxyl groups is 2. The smallest absolute Gasteiger partial charge is 0.484 e. The monoisotopic (exact) mass is 647 g/mol. The van der Waals surface area contributed by atoms with Crippen molar-refractivity contribution >= 4 is 36.4 Å². The van der Waals surface area contributed by atoms with Gasteiger partial charge in [-0.15, -0.1) is 0 Å². The van der Waals surface area contributed by atoms with E-state index in [9.17, 15) is 20.0 Å². The molecule has 0 aliphatic carbocycles. The van der Waals surface area contributed by atoms with Crippen LogP contribution in [0.25, 0.3) is 5.52 Å². The van der Waals surface area contributed by atoms with Crippen molar-refractivity contribution in [3.63, 3.8) is 0 Å². The number of ether oxygens (including phenoxy) is 2. The fraction of sp³-hybridized carbons (Fsp3) is 0.517. The van der Waals surface area contributed by atoms with Crippen LogP contribution in [0.5, 0.6) is 5.75 Å². The van der Waals surface area contributed by atoms with Gasteiger partial charge >= 0.3 is 7.82 Å². The van der Waals surface area contributed by atoms with E-state index in [4.69, 9.17) is 41.0 Å². The van der Waals surface area contributed by atoms with Crippen LogP contribution < -0.4 is 10.3 Å². The lowest BCUT2D eigenvalue weighted by Crippen LogP contribution is -2.41. The summed E-state index contributed by atoms with van der Waals surface area (Å²) in [6.07, 6.45) is -3.48. The first kappa shape index (κ1) is 33.7. The van der Waals surface area contributed by atoms with Gasteiger partial charge in [-0.3, -0.25) is 9.05 Å². The molecule has 238 valence electrons. The molecule has 1 aromatic carbocycles. The molecule has 5 atom stereocenters. The second-order valence-corrected chi connectivity index (χ2v) is 14.4. The van der Waals surface area contributed by atoms with Crippen molar-refractivity contribution in [2.45, 2.75) is 70.9 Å². The molecule has 13 nitrogen and oxygen atoms in total. The van der Waals surface area contributed by atoms with Crippen LogP contribution in [0.15, 0.2) is 42.7 Å². The zero-order valence-corrected chi connectivity index (χ0v) is 27.2. The second-order valence-electron chi connectivity index (χ2n) is 12.4. The number of hydrogen-bond acceptors (Lipinski definition) is 13. The summed E-state index contributed by atoms with van der Waals surface area (Å²) in [6.45, 7) is 11.1. The number of nitrogens with two attached hydrogens (primary N) is 1. The van der Waals surface area contributed by atoms with Crippen LogP contribution in [0.4, 0.5) is 5.82 Å². The molecular weight excluding hydrogens is 609 g/mol. The molecule has 1 unspecified atom stereocenters. The van der Waals surface area contributed by atoms with E-state index in [0.29, 0.717) is 10.6 Å². The van der Waals surface area contributed by atoms with Gasteiger partial charge in [0.1, 0.15) is 48.6 Å². The molecule has 0 amide bonds. The van der Waals surface area contributed by atoms with Crippen LogP contribution in [-0.2, 0) is 34.1 Å². The van der Waals surface area contributed by atoms with Crippen molar-refractivity contribution in [1.29, 1.82) is 5.26 Å². The first-order valence-electron chi connectivity index (χ1n) is 13.9. The maximum atomic E-state index is 13.9. The van der Waals surface area contributed by atoms with Crippen molar-refractivity contribution in [3.8, 4) is 11.8 Å². The molecule has 1 aliphatic heterocycles. The van der Waals surface area contributed by atoms with E-state index in [1.54, 1.807) is 18.2 Å². The Bertz CT molecular complexity index is 1580. The number of thiocarbonyl (C=S) groups is 1. The lowest BCUT2D eigenvalue weighted by Gasteiger charge is -2.24. The Balaban J connectivity index is 1.53. The van der Waals surface area contributed by atoms with Gasteiger partial charge in [-0.1, -0.05) is 53.7 Å². The normalized spacial score (nSPS) is 23.7. The van der Waals surface area contributed by atoms with Gasteiger partial charge in [-0.05, 0) is 47.5 Å². The van der Waals surface area contributed by atoms with Crippen LogP contribution >= 0.6 is 20.0 Å². The highest BCUT2D eigenvalue weighted by molar-refractivity contribution is 7.80. The van der Waals surface area contributed by atoms with Gasteiger partial charge < -0.3 is 29.9 Å². The highest BCUT2D eigenvalue weighted by Gasteiger charge is 2.58. The molecule has 4 rings (SSSR count). The van der Waals surface area contributed by atoms with Crippen molar-refractivity contribution in [2.75, 3.05) is 25.6 Å². The highest BCUT2D eigenvalue weighted by Crippen LogP contribution is 2.51. The largest absolute Gasteiger partial charge is 0.530 e. The minimum Gasteiger partial charge on any atom is -0.484 e. The van der Waals surface area contributed by atoms with Crippen molar-refractivity contribution in [2.24, 2.45) is 5.41 Å². The fourth-order valence-corrected chi connectivity index (χ4v) is 5.72. The summed E-state index contributed by atoms with van der Waals surface area (Å²) >= 11 is 5.28. The predicted molar refractivity (Wildman–Crippen MR) is 165 cm³/mol. The number of nitriles is 1. The number of nitrogen functional groups attached to an aromatic ring is 1.